The standard InChI is InChI=1S/C9H5Cl2N5O2/c10-5-1-6(16-9(11)14-5)15-8(18)4-2-13-7(17)3-12-4/h1-3H,(H,13,17)(H,14,15,16,18). The number of anilines is 1. The van der Waals surface area contributed by atoms with Crippen LogP contribution in [0.3, 0.4) is 0 Å². The lowest BCUT2D eigenvalue weighted by atomic mass is 10.4. The summed E-state index contributed by atoms with van der Waals surface area (Å²) in [5, 5.41) is 2.42. The molecule has 7 nitrogen and oxygen atoms in total. The molecule has 18 heavy (non-hydrogen) atoms. The smallest absolute Gasteiger partial charge is 0.276 e. The predicted octanol–water partition coefficient (Wildman–Crippen LogP) is 1.12. The lowest BCUT2D eigenvalue weighted by molar-refractivity contribution is 0.102. The third kappa shape index (κ3) is 3.02. The van der Waals surface area contributed by atoms with E-state index in [0.717, 1.165) is 6.20 Å². The average molecular weight is 286 g/mol. The Morgan fingerprint density at radius 3 is 2.72 bits per heavy atom. The van der Waals surface area contributed by atoms with Crippen LogP contribution in [0, 0.1) is 0 Å². The van der Waals surface area contributed by atoms with E-state index in [1.165, 1.54) is 12.3 Å². The molecule has 0 spiro atoms. The second kappa shape index (κ2) is 5.11. The van der Waals surface area contributed by atoms with Crippen molar-refractivity contribution in [1.82, 2.24) is 19.9 Å². The predicted molar refractivity (Wildman–Crippen MR) is 64.9 cm³/mol. The fourth-order valence-corrected chi connectivity index (χ4v) is 1.51. The average Bonchev–Trinajstić information content (AvgIpc) is 2.28. The molecule has 2 aromatic rings. The molecule has 0 aliphatic heterocycles. The number of hydrogen-bond acceptors (Lipinski definition) is 5. The van der Waals surface area contributed by atoms with Gasteiger partial charge in [0.15, 0.2) is 0 Å². The van der Waals surface area contributed by atoms with E-state index >= 15 is 0 Å². The van der Waals surface area contributed by atoms with Crippen molar-refractivity contribution in [2.24, 2.45) is 0 Å². The molecule has 0 unspecified atom stereocenters. The van der Waals surface area contributed by atoms with Gasteiger partial charge in [0, 0.05) is 12.3 Å². The Morgan fingerprint density at radius 2 is 2.11 bits per heavy atom. The van der Waals surface area contributed by atoms with E-state index in [-0.39, 0.29) is 21.9 Å². The summed E-state index contributed by atoms with van der Waals surface area (Å²) in [6, 6.07) is 1.33. The summed E-state index contributed by atoms with van der Waals surface area (Å²) in [5.41, 5.74) is -0.375. The first-order chi connectivity index (χ1) is 8.54. The Balaban J connectivity index is 2.21. The van der Waals surface area contributed by atoms with Crippen molar-refractivity contribution in [3.63, 3.8) is 0 Å². The molecular weight excluding hydrogens is 281 g/mol. The first kappa shape index (κ1) is 12.5. The largest absolute Gasteiger partial charge is 0.325 e. The number of amides is 1. The van der Waals surface area contributed by atoms with Gasteiger partial charge in [0.2, 0.25) is 5.28 Å². The molecular formula is C9H5Cl2N5O2. The van der Waals surface area contributed by atoms with E-state index < -0.39 is 11.5 Å². The van der Waals surface area contributed by atoms with Crippen molar-refractivity contribution < 1.29 is 4.79 Å². The first-order valence-corrected chi connectivity index (χ1v) is 5.36. The van der Waals surface area contributed by atoms with Crippen LogP contribution in [-0.4, -0.2) is 25.8 Å². The molecule has 0 saturated carbocycles. The zero-order chi connectivity index (χ0) is 13.1. The molecule has 0 aliphatic carbocycles. The van der Waals surface area contributed by atoms with E-state index in [2.05, 4.69) is 25.3 Å². The number of hydrogen-bond donors (Lipinski definition) is 2. The molecule has 2 rings (SSSR count). The highest BCUT2D eigenvalue weighted by Gasteiger charge is 2.09. The van der Waals surface area contributed by atoms with Crippen molar-refractivity contribution in [1.29, 1.82) is 0 Å². The lowest BCUT2D eigenvalue weighted by Crippen LogP contribution is -2.17. The minimum Gasteiger partial charge on any atom is -0.325 e. The minimum absolute atomic E-state index is 0.0282. The fourth-order valence-electron chi connectivity index (χ4n) is 1.10. The molecule has 0 atom stereocenters. The lowest BCUT2D eigenvalue weighted by Gasteiger charge is -2.03. The van der Waals surface area contributed by atoms with Gasteiger partial charge in [0.1, 0.15) is 16.7 Å². The van der Waals surface area contributed by atoms with E-state index in [0.29, 0.717) is 0 Å². The molecule has 0 radical (unpaired) electrons. The zero-order valence-corrected chi connectivity index (χ0v) is 10.2. The van der Waals surface area contributed by atoms with Crippen molar-refractivity contribution in [3.8, 4) is 0 Å². The van der Waals surface area contributed by atoms with Crippen LogP contribution in [0.4, 0.5) is 5.82 Å². The first-order valence-electron chi connectivity index (χ1n) is 4.61. The highest BCUT2D eigenvalue weighted by atomic mass is 35.5. The fraction of sp³-hybridized carbons (Fsp3) is 0. The van der Waals surface area contributed by atoms with Gasteiger partial charge in [-0.15, -0.1) is 0 Å². The van der Waals surface area contributed by atoms with Crippen LogP contribution in [0.5, 0.6) is 0 Å². The summed E-state index contributed by atoms with van der Waals surface area (Å²) in [4.78, 5) is 35.9. The molecule has 2 heterocycles. The van der Waals surface area contributed by atoms with E-state index in [1.54, 1.807) is 0 Å². The summed E-state index contributed by atoms with van der Waals surface area (Å²) in [6.45, 7) is 0. The van der Waals surface area contributed by atoms with E-state index in [4.69, 9.17) is 23.2 Å². The van der Waals surface area contributed by atoms with Crippen LogP contribution in [0.2, 0.25) is 10.4 Å². The molecule has 2 N–H and O–H groups in total. The van der Waals surface area contributed by atoms with Crippen LogP contribution >= 0.6 is 23.2 Å². The molecule has 0 saturated heterocycles. The van der Waals surface area contributed by atoms with Crippen molar-refractivity contribution in [2.45, 2.75) is 0 Å². The molecule has 0 aromatic carbocycles. The van der Waals surface area contributed by atoms with Crippen molar-refractivity contribution in [2.75, 3.05) is 5.32 Å². The number of carbonyl (C=O) groups excluding carboxylic acids is 1. The monoisotopic (exact) mass is 285 g/mol. The number of halogens is 2. The number of carbonyl (C=O) groups is 1. The SMILES string of the molecule is O=C(Nc1cc(Cl)nc(Cl)n1)c1c[nH]c(=O)cn1. The maximum atomic E-state index is 11.7. The zero-order valence-electron chi connectivity index (χ0n) is 8.65. The van der Waals surface area contributed by atoms with E-state index in [9.17, 15) is 9.59 Å². The van der Waals surface area contributed by atoms with Crippen LogP contribution in [0.1, 0.15) is 10.5 Å². The molecule has 0 fully saturated rings. The van der Waals surface area contributed by atoms with Gasteiger partial charge in [-0.1, -0.05) is 11.6 Å². The van der Waals surface area contributed by atoms with Gasteiger partial charge in [0.25, 0.3) is 11.5 Å². The quantitative estimate of drug-likeness (QED) is 0.636. The Bertz CT molecular complexity index is 617. The van der Waals surface area contributed by atoms with Gasteiger partial charge < -0.3 is 10.3 Å². The van der Waals surface area contributed by atoms with Gasteiger partial charge in [-0.25, -0.2) is 15.0 Å². The number of nitrogens with zero attached hydrogens (tertiary/aromatic N) is 3. The molecule has 0 bridgehead atoms. The Morgan fingerprint density at radius 1 is 1.33 bits per heavy atom. The second-order valence-electron chi connectivity index (χ2n) is 3.10. The molecule has 9 heteroatoms. The second-order valence-corrected chi connectivity index (χ2v) is 3.82. The molecule has 2 aromatic heterocycles. The maximum absolute atomic E-state index is 11.7. The third-order valence-electron chi connectivity index (χ3n) is 1.81. The molecule has 0 aliphatic rings. The number of nitrogens with one attached hydrogen (secondary N) is 2. The molecule has 1 amide bonds. The Hall–Kier alpha value is -1.99. The normalized spacial score (nSPS) is 10.1. The summed E-state index contributed by atoms with van der Waals surface area (Å²) in [6.07, 6.45) is 2.18. The Kier molecular flexibility index (Phi) is 3.54. The molecule has 92 valence electrons. The highest BCUT2D eigenvalue weighted by molar-refractivity contribution is 6.32. The third-order valence-corrected chi connectivity index (χ3v) is 2.18. The van der Waals surface area contributed by atoms with Crippen LogP contribution in [0.25, 0.3) is 0 Å². The van der Waals surface area contributed by atoms with Gasteiger partial charge in [-0.2, -0.15) is 0 Å². The topological polar surface area (TPSA) is 101 Å². The maximum Gasteiger partial charge on any atom is 0.276 e. The summed E-state index contributed by atoms with van der Waals surface area (Å²) >= 11 is 11.2. The summed E-state index contributed by atoms with van der Waals surface area (Å²) < 4.78 is 0. The van der Waals surface area contributed by atoms with Gasteiger partial charge in [-0.05, 0) is 11.6 Å². The summed E-state index contributed by atoms with van der Waals surface area (Å²) in [5.74, 6) is -0.421. The Labute approximate surface area is 110 Å². The number of rotatable bonds is 2. The number of aromatic amines is 1. The van der Waals surface area contributed by atoms with Crippen LogP contribution in [-0.2, 0) is 0 Å². The van der Waals surface area contributed by atoms with Crippen molar-refractivity contribution in [3.05, 3.63) is 44.9 Å². The summed E-state index contributed by atoms with van der Waals surface area (Å²) in [7, 11) is 0. The van der Waals surface area contributed by atoms with Crippen molar-refractivity contribution >= 4 is 34.9 Å². The highest BCUT2D eigenvalue weighted by Crippen LogP contribution is 2.14. The minimum atomic E-state index is -0.558. The van der Waals surface area contributed by atoms with Gasteiger partial charge in [0.05, 0.1) is 6.20 Å². The number of aromatic nitrogens is 4. The number of H-pyrrole nitrogens is 1. The van der Waals surface area contributed by atoms with Crippen LogP contribution in [0.15, 0.2) is 23.3 Å². The van der Waals surface area contributed by atoms with Gasteiger partial charge >= 0.3 is 0 Å². The van der Waals surface area contributed by atoms with Crippen LogP contribution < -0.4 is 10.9 Å². The van der Waals surface area contributed by atoms with Gasteiger partial charge in [-0.3, -0.25) is 9.59 Å². The van der Waals surface area contributed by atoms with E-state index in [1.807, 2.05) is 0 Å².